The fourth-order valence-corrected chi connectivity index (χ4v) is 5.09. The maximum absolute atomic E-state index is 13.6. The third-order valence-electron chi connectivity index (χ3n) is 5.39. The summed E-state index contributed by atoms with van der Waals surface area (Å²) in [5.74, 6) is 0.139. The third-order valence-corrected chi connectivity index (χ3v) is 6.33. The van der Waals surface area contributed by atoms with Gasteiger partial charge in [-0.3, -0.25) is 14.5 Å². The van der Waals surface area contributed by atoms with Crippen molar-refractivity contribution in [3.63, 3.8) is 0 Å². The van der Waals surface area contributed by atoms with E-state index in [2.05, 4.69) is 24.0 Å². The van der Waals surface area contributed by atoms with E-state index in [1.165, 1.54) is 11.3 Å². The normalized spacial score (nSPS) is 15.8. The van der Waals surface area contributed by atoms with Crippen molar-refractivity contribution in [2.45, 2.75) is 33.2 Å². The number of aromatic nitrogens is 2. The van der Waals surface area contributed by atoms with Crippen molar-refractivity contribution in [3.8, 4) is 0 Å². The number of carbonyl (C=O) groups excluding carboxylic acids is 1. The summed E-state index contributed by atoms with van der Waals surface area (Å²) in [5, 5.41) is 10.4. The summed E-state index contributed by atoms with van der Waals surface area (Å²) in [6, 6.07) is 14.3. The largest absolute Gasteiger partial charge is 0.450 e. The van der Waals surface area contributed by atoms with Crippen molar-refractivity contribution in [2.24, 2.45) is 5.92 Å². The van der Waals surface area contributed by atoms with Crippen LogP contribution in [0.25, 0.3) is 11.0 Å². The van der Waals surface area contributed by atoms with Gasteiger partial charge in [-0.05, 0) is 30.5 Å². The van der Waals surface area contributed by atoms with Crippen LogP contribution in [0.15, 0.2) is 57.7 Å². The lowest BCUT2D eigenvalue weighted by atomic mass is 9.98. The van der Waals surface area contributed by atoms with Gasteiger partial charge in [-0.2, -0.15) is 0 Å². The molecule has 2 aromatic heterocycles. The first-order valence-electron chi connectivity index (χ1n) is 10.2. The SMILES string of the molecule is Cc1ccc2oc3c(c(=O)c2c1)[C@@H](c1ccccc1)N(c1nnc(CC(C)C)s1)C3=O. The van der Waals surface area contributed by atoms with E-state index < -0.39 is 6.04 Å². The van der Waals surface area contributed by atoms with Gasteiger partial charge in [-0.15, -0.1) is 10.2 Å². The maximum atomic E-state index is 13.6. The Morgan fingerprint density at radius 3 is 2.61 bits per heavy atom. The average molecular weight is 432 g/mol. The van der Waals surface area contributed by atoms with Crippen molar-refractivity contribution in [3.05, 3.63) is 86.2 Å². The van der Waals surface area contributed by atoms with E-state index in [1.54, 1.807) is 11.0 Å². The van der Waals surface area contributed by atoms with Crippen LogP contribution in [0.1, 0.15) is 52.1 Å². The number of hydrogen-bond donors (Lipinski definition) is 0. The Morgan fingerprint density at radius 2 is 1.87 bits per heavy atom. The minimum absolute atomic E-state index is 0.0795. The molecule has 6 nitrogen and oxygen atoms in total. The molecule has 0 fully saturated rings. The van der Waals surface area contributed by atoms with E-state index in [0.29, 0.717) is 27.6 Å². The van der Waals surface area contributed by atoms with Crippen molar-refractivity contribution >= 4 is 33.3 Å². The molecule has 0 unspecified atom stereocenters. The molecule has 31 heavy (non-hydrogen) atoms. The van der Waals surface area contributed by atoms with Crippen LogP contribution in [-0.4, -0.2) is 16.1 Å². The number of anilines is 1. The molecule has 0 spiro atoms. The van der Waals surface area contributed by atoms with Crippen molar-refractivity contribution < 1.29 is 9.21 Å². The Kier molecular flexibility index (Phi) is 4.70. The molecule has 0 saturated heterocycles. The van der Waals surface area contributed by atoms with Crippen LogP contribution in [0.4, 0.5) is 5.13 Å². The molecule has 5 rings (SSSR count). The Labute approximate surface area is 183 Å². The maximum Gasteiger partial charge on any atom is 0.297 e. The predicted molar refractivity (Wildman–Crippen MR) is 121 cm³/mol. The molecule has 3 heterocycles. The summed E-state index contributed by atoms with van der Waals surface area (Å²) in [7, 11) is 0. The molecule has 0 bridgehead atoms. The zero-order chi connectivity index (χ0) is 21.7. The second-order valence-electron chi connectivity index (χ2n) is 8.24. The molecule has 7 heteroatoms. The van der Waals surface area contributed by atoms with Crippen molar-refractivity contribution in [1.29, 1.82) is 0 Å². The molecule has 0 radical (unpaired) electrons. The fraction of sp³-hybridized carbons (Fsp3) is 0.250. The second kappa shape index (κ2) is 7.42. The minimum Gasteiger partial charge on any atom is -0.450 e. The molecule has 0 saturated carbocycles. The Balaban J connectivity index is 1.74. The highest BCUT2D eigenvalue weighted by atomic mass is 32.1. The van der Waals surface area contributed by atoms with Crippen LogP contribution >= 0.6 is 11.3 Å². The molecule has 0 N–H and O–H groups in total. The summed E-state index contributed by atoms with van der Waals surface area (Å²) in [4.78, 5) is 28.6. The van der Waals surface area contributed by atoms with E-state index in [1.807, 2.05) is 49.4 Å². The number of aryl methyl sites for hydroxylation is 1. The summed E-state index contributed by atoms with van der Waals surface area (Å²) in [5.41, 5.74) is 2.37. The minimum atomic E-state index is -0.607. The van der Waals surface area contributed by atoms with Gasteiger partial charge in [0.2, 0.25) is 10.9 Å². The van der Waals surface area contributed by atoms with Crippen LogP contribution in [0.2, 0.25) is 0 Å². The van der Waals surface area contributed by atoms with E-state index in [9.17, 15) is 9.59 Å². The van der Waals surface area contributed by atoms with Gasteiger partial charge in [-0.1, -0.05) is 67.1 Å². The van der Waals surface area contributed by atoms with Gasteiger partial charge in [0.05, 0.1) is 17.0 Å². The van der Waals surface area contributed by atoms with Gasteiger partial charge < -0.3 is 4.42 Å². The number of carbonyl (C=O) groups is 1. The first-order valence-corrected chi connectivity index (χ1v) is 11.0. The number of fused-ring (bicyclic) bond motifs is 2. The molecular formula is C24H21N3O3S. The quantitative estimate of drug-likeness (QED) is 0.459. The number of benzene rings is 2. The van der Waals surface area contributed by atoms with Gasteiger partial charge in [0.25, 0.3) is 5.91 Å². The standard InChI is InChI=1S/C24H21N3O3S/c1-13(2)11-18-25-26-24(31-18)27-20(15-7-5-4-6-8-15)19-21(28)16-12-14(3)9-10-17(16)30-22(19)23(27)29/h4-10,12-13,20H,11H2,1-3H3/t20-/m1/s1. The monoisotopic (exact) mass is 431 g/mol. The molecule has 1 aliphatic heterocycles. The highest BCUT2D eigenvalue weighted by Gasteiger charge is 2.45. The molecule has 1 aliphatic rings. The van der Waals surface area contributed by atoms with Crippen molar-refractivity contribution in [2.75, 3.05) is 4.90 Å². The fourth-order valence-electron chi connectivity index (χ4n) is 4.01. The number of nitrogens with zero attached hydrogens (tertiary/aromatic N) is 3. The predicted octanol–water partition coefficient (Wildman–Crippen LogP) is 4.90. The Hall–Kier alpha value is -3.32. The molecule has 1 atom stereocenters. The summed E-state index contributed by atoms with van der Waals surface area (Å²) < 4.78 is 5.99. The van der Waals surface area contributed by atoms with Gasteiger partial charge in [-0.25, -0.2) is 0 Å². The van der Waals surface area contributed by atoms with Gasteiger partial charge in [0, 0.05) is 6.42 Å². The lowest BCUT2D eigenvalue weighted by Gasteiger charge is -2.21. The van der Waals surface area contributed by atoms with Crippen LogP contribution in [0, 0.1) is 12.8 Å². The lowest BCUT2D eigenvalue weighted by Crippen LogP contribution is -2.29. The van der Waals surface area contributed by atoms with E-state index >= 15 is 0 Å². The number of rotatable bonds is 4. The molecule has 156 valence electrons. The van der Waals surface area contributed by atoms with Gasteiger partial charge in [0.1, 0.15) is 10.6 Å². The van der Waals surface area contributed by atoms with Crippen molar-refractivity contribution in [1.82, 2.24) is 10.2 Å². The second-order valence-corrected chi connectivity index (χ2v) is 9.28. The molecule has 0 aliphatic carbocycles. The molecule has 4 aromatic rings. The molecule has 1 amide bonds. The smallest absolute Gasteiger partial charge is 0.297 e. The topological polar surface area (TPSA) is 76.3 Å². The van der Waals surface area contributed by atoms with E-state index in [0.717, 1.165) is 22.6 Å². The summed E-state index contributed by atoms with van der Waals surface area (Å²) >= 11 is 1.38. The van der Waals surface area contributed by atoms with Crippen LogP contribution in [-0.2, 0) is 6.42 Å². The first-order chi connectivity index (χ1) is 14.9. The van der Waals surface area contributed by atoms with Crippen LogP contribution in [0.5, 0.6) is 0 Å². The number of amides is 1. The Bertz CT molecular complexity index is 1360. The van der Waals surface area contributed by atoms with E-state index in [4.69, 9.17) is 4.42 Å². The highest BCUT2D eigenvalue weighted by molar-refractivity contribution is 7.15. The van der Waals surface area contributed by atoms with Crippen LogP contribution in [0.3, 0.4) is 0 Å². The Morgan fingerprint density at radius 1 is 1.10 bits per heavy atom. The summed E-state index contributed by atoms with van der Waals surface area (Å²) in [6.07, 6.45) is 0.781. The third kappa shape index (κ3) is 3.25. The number of hydrogen-bond acceptors (Lipinski definition) is 6. The van der Waals surface area contributed by atoms with Gasteiger partial charge in [0.15, 0.2) is 5.43 Å². The first kappa shape index (κ1) is 19.6. The molecular weight excluding hydrogens is 410 g/mol. The summed E-state index contributed by atoms with van der Waals surface area (Å²) in [6.45, 7) is 6.15. The zero-order valence-corrected chi connectivity index (χ0v) is 18.3. The van der Waals surface area contributed by atoms with Crippen LogP contribution < -0.4 is 10.3 Å². The highest BCUT2D eigenvalue weighted by Crippen LogP contribution is 2.42. The zero-order valence-electron chi connectivity index (χ0n) is 17.5. The average Bonchev–Trinajstić information content (AvgIpc) is 3.31. The molecule has 2 aromatic carbocycles. The lowest BCUT2D eigenvalue weighted by molar-refractivity contribution is 0.0970. The van der Waals surface area contributed by atoms with Gasteiger partial charge >= 0.3 is 0 Å². The van der Waals surface area contributed by atoms with E-state index in [-0.39, 0.29) is 17.1 Å².